The van der Waals surface area contributed by atoms with Crippen LogP contribution in [0, 0.1) is 0 Å². The summed E-state index contributed by atoms with van der Waals surface area (Å²) in [6.45, 7) is 0. The predicted molar refractivity (Wildman–Crippen MR) is 72.2 cm³/mol. The molecule has 0 aromatic heterocycles. The van der Waals surface area contributed by atoms with Gasteiger partial charge < -0.3 is 15.2 Å². The van der Waals surface area contributed by atoms with Gasteiger partial charge in [-0.05, 0) is 47.3 Å². The Morgan fingerprint density at radius 3 is 2.82 bits per heavy atom. The first-order valence-electron chi connectivity index (χ1n) is 5.93. The molecule has 94 valence electrons. The van der Waals surface area contributed by atoms with E-state index in [4.69, 9.17) is 15.2 Å². The van der Waals surface area contributed by atoms with E-state index in [1.54, 1.807) is 7.11 Å². The van der Waals surface area contributed by atoms with Crippen molar-refractivity contribution >= 4 is 21.6 Å². The molecule has 0 bridgehead atoms. The van der Waals surface area contributed by atoms with E-state index in [0.717, 1.165) is 41.6 Å². The number of nitrogens with two attached hydrogens (primary N) is 1. The summed E-state index contributed by atoms with van der Waals surface area (Å²) < 4.78 is 12.3. The molecule has 1 aromatic carbocycles. The minimum absolute atomic E-state index is 0.229. The highest BCUT2D eigenvalue weighted by molar-refractivity contribution is 9.10. The summed E-state index contributed by atoms with van der Waals surface area (Å²) in [6.07, 6.45) is 4.89. The highest BCUT2D eigenvalue weighted by Gasteiger charge is 2.23. The molecule has 1 saturated carbocycles. The minimum atomic E-state index is 0.229. The van der Waals surface area contributed by atoms with Crippen molar-refractivity contribution in [2.24, 2.45) is 0 Å². The Kier molecular flexibility index (Phi) is 4.29. The van der Waals surface area contributed by atoms with Gasteiger partial charge in [0.05, 0.1) is 10.6 Å². The van der Waals surface area contributed by atoms with E-state index >= 15 is 0 Å². The number of rotatable bonds is 3. The summed E-state index contributed by atoms with van der Waals surface area (Å²) >= 11 is 3.48. The molecule has 2 N–H and O–H groups in total. The number of ether oxygens (including phenoxy) is 2. The monoisotopic (exact) mass is 299 g/mol. The molecule has 0 aliphatic heterocycles. The molecular formula is C13H18BrNO2. The Morgan fingerprint density at radius 2 is 2.06 bits per heavy atom. The Balaban J connectivity index is 2.02. The molecule has 4 heteroatoms. The highest BCUT2D eigenvalue weighted by Crippen LogP contribution is 2.31. The largest absolute Gasteiger partial charge is 0.489 e. The van der Waals surface area contributed by atoms with Gasteiger partial charge in [-0.25, -0.2) is 0 Å². The zero-order valence-electron chi connectivity index (χ0n) is 9.99. The molecule has 2 unspecified atom stereocenters. The number of hydrogen-bond donors (Lipinski definition) is 1. The number of methoxy groups -OCH3 is 1. The van der Waals surface area contributed by atoms with E-state index in [-0.39, 0.29) is 6.10 Å². The van der Waals surface area contributed by atoms with Crippen LogP contribution in [0.3, 0.4) is 0 Å². The normalized spacial score (nSPS) is 24.6. The van der Waals surface area contributed by atoms with Crippen LogP contribution in [0.15, 0.2) is 22.7 Å². The molecule has 2 atom stereocenters. The first kappa shape index (κ1) is 12.7. The van der Waals surface area contributed by atoms with Crippen molar-refractivity contribution in [2.75, 3.05) is 12.8 Å². The molecule has 0 spiro atoms. The summed E-state index contributed by atoms with van der Waals surface area (Å²) in [4.78, 5) is 0. The molecule has 1 aromatic rings. The Labute approximate surface area is 110 Å². The first-order chi connectivity index (χ1) is 8.19. The molecule has 2 rings (SSSR count). The van der Waals surface area contributed by atoms with E-state index in [0.29, 0.717) is 6.10 Å². The number of benzene rings is 1. The average Bonchev–Trinajstić information content (AvgIpc) is 2.34. The van der Waals surface area contributed by atoms with Gasteiger partial charge in [-0.3, -0.25) is 0 Å². The topological polar surface area (TPSA) is 44.5 Å². The molecule has 1 aliphatic rings. The van der Waals surface area contributed by atoms with Crippen molar-refractivity contribution in [3.8, 4) is 5.75 Å². The number of hydrogen-bond acceptors (Lipinski definition) is 3. The number of anilines is 1. The van der Waals surface area contributed by atoms with E-state index < -0.39 is 0 Å². The Morgan fingerprint density at radius 1 is 1.29 bits per heavy atom. The van der Waals surface area contributed by atoms with Gasteiger partial charge in [0.1, 0.15) is 11.9 Å². The van der Waals surface area contributed by atoms with E-state index in [2.05, 4.69) is 15.9 Å². The smallest absolute Gasteiger partial charge is 0.135 e. The standard InChI is InChI=1S/C13H18BrNO2/c1-16-10-3-2-4-11(8-10)17-13-7-9(15)5-6-12(13)14/h5-7,10-11H,2-4,8,15H2,1H3. The Hall–Kier alpha value is -0.740. The van der Waals surface area contributed by atoms with Gasteiger partial charge in [0.15, 0.2) is 0 Å². The van der Waals surface area contributed by atoms with Gasteiger partial charge in [-0.2, -0.15) is 0 Å². The molecule has 3 nitrogen and oxygen atoms in total. The summed E-state index contributed by atoms with van der Waals surface area (Å²) in [6, 6.07) is 5.64. The SMILES string of the molecule is COC1CCCC(Oc2cc(N)ccc2Br)C1. The second kappa shape index (κ2) is 5.74. The molecule has 0 saturated heterocycles. The summed E-state index contributed by atoms with van der Waals surface area (Å²) in [5, 5.41) is 0. The van der Waals surface area contributed by atoms with Gasteiger partial charge in [0.2, 0.25) is 0 Å². The summed E-state index contributed by atoms with van der Waals surface area (Å²) in [5.41, 5.74) is 6.48. The van der Waals surface area contributed by atoms with Crippen LogP contribution in [0.1, 0.15) is 25.7 Å². The molecule has 17 heavy (non-hydrogen) atoms. The molecule has 0 heterocycles. The molecule has 1 aliphatic carbocycles. The predicted octanol–water partition coefficient (Wildman–Crippen LogP) is 3.37. The fraction of sp³-hybridized carbons (Fsp3) is 0.538. The van der Waals surface area contributed by atoms with Crippen LogP contribution in [-0.4, -0.2) is 19.3 Å². The van der Waals surface area contributed by atoms with Crippen molar-refractivity contribution in [3.63, 3.8) is 0 Å². The maximum absolute atomic E-state index is 5.99. The van der Waals surface area contributed by atoms with Crippen molar-refractivity contribution in [2.45, 2.75) is 37.9 Å². The van der Waals surface area contributed by atoms with Gasteiger partial charge in [-0.15, -0.1) is 0 Å². The summed E-state index contributed by atoms with van der Waals surface area (Å²) in [5.74, 6) is 0.826. The fourth-order valence-electron chi connectivity index (χ4n) is 2.21. The quantitative estimate of drug-likeness (QED) is 0.870. The van der Waals surface area contributed by atoms with Crippen LogP contribution in [0.25, 0.3) is 0 Å². The molecule has 0 amide bonds. The van der Waals surface area contributed by atoms with Crippen LogP contribution in [-0.2, 0) is 4.74 Å². The van der Waals surface area contributed by atoms with E-state index in [1.165, 1.54) is 0 Å². The average molecular weight is 300 g/mol. The fourth-order valence-corrected chi connectivity index (χ4v) is 2.55. The van der Waals surface area contributed by atoms with E-state index in [1.807, 2.05) is 18.2 Å². The van der Waals surface area contributed by atoms with Crippen LogP contribution in [0.4, 0.5) is 5.69 Å². The van der Waals surface area contributed by atoms with Crippen LogP contribution in [0.5, 0.6) is 5.75 Å². The van der Waals surface area contributed by atoms with Gasteiger partial charge in [0, 0.05) is 25.3 Å². The maximum atomic E-state index is 5.99. The van der Waals surface area contributed by atoms with Crippen molar-refractivity contribution in [3.05, 3.63) is 22.7 Å². The Bertz CT molecular complexity index is 384. The van der Waals surface area contributed by atoms with Gasteiger partial charge in [-0.1, -0.05) is 0 Å². The van der Waals surface area contributed by atoms with Crippen molar-refractivity contribution in [1.29, 1.82) is 0 Å². The minimum Gasteiger partial charge on any atom is -0.489 e. The zero-order valence-corrected chi connectivity index (χ0v) is 11.6. The first-order valence-corrected chi connectivity index (χ1v) is 6.73. The lowest BCUT2D eigenvalue weighted by atomic mass is 9.95. The van der Waals surface area contributed by atoms with Crippen LogP contribution >= 0.6 is 15.9 Å². The highest BCUT2D eigenvalue weighted by atomic mass is 79.9. The van der Waals surface area contributed by atoms with Crippen molar-refractivity contribution in [1.82, 2.24) is 0 Å². The lowest BCUT2D eigenvalue weighted by Gasteiger charge is -2.29. The van der Waals surface area contributed by atoms with Crippen LogP contribution < -0.4 is 10.5 Å². The third-order valence-electron chi connectivity index (χ3n) is 3.16. The van der Waals surface area contributed by atoms with E-state index in [9.17, 15) is 0 Å². The molecular weight excluding hydrogens is 282 g/mol. The van der Waals surface area contributed by atoms with Crippen molar-refractivity contribution < 1.29 is 9.47 Å². The second-order valence-electron chi connectivity index (χ2n) is 4.45. The van der Waals surface area contributed by atoms with Gasteiger partial charge in [0.25, 0.3) is 0 Å². The molecule has 0 radical (unpaired) electrons. The molecule has 1 fully saturated rings. The number of nitrogen functional groups attached to an aromatic ring is 1. The maximum Gasteiger partial charge on any atom is 0.135 e. The third kappa shape index (κ3) is 3.36. The second-order valence-corrected chi connectivity index (χ2v) is 5.31. The van der Waals surface area contributed by atoms with Crippen LogP contribution in [0.2, 0.25) is 0 Å². The third-order valence-corrected chi connectivity index (χ3v) is 3.82. The lowest BCUT2D eigenvalue weighted by Crippen LogP contribution is -2.29. The van der Waals surface area contributed by atoms with Gasteiger partial charge >= 0.3 is 0 Å². The lowest BCUT2D eigenvalue weighted by molar-refractivity contribution is 0.0207. The summed E-state index contributed by atoms with van der Waals surface area (Å²) in [7, 11) is 1.77. The number of halogens is 1. The zero-order chi connectivity index (χ0) is 12.3.